The number of hydrogen-bond acceptors (Lipinski definition) is 4. The summed E-state index contributed by atoms with van der Waals surface area (Å²) in [6.07, 6.45) is 0. The number of furan rings is 1. The van der Waals surface area contributed by atoms with Crippen LogP contribution < -0.4 is 0 Å². The van der Waals surface area contributed by atoms with E-state index in [1.54, 1.807) is 0 Å². The zero-order valence-corrected chi connectivity index (χ0v) is 23.5. The van der Waals surface area contributed by atoms with Gasteiger partial charge in [0.1, 0.15) is 11.2 Å². The van der Waals surface area contributed by atoms with E-state index in [4.69, 9.17) is 19.4 Å². The molecule has 0 aliphatic heterocycles. The Morgan fingerprint density at radius 3 is 1.73 bits per heavy atom. The van der Waals surface area contributed by atoms with Gasteiger partial charge in [0.2, 0.25) is 0 Å². The molecule has 0 spiro atoms. The van der Waals surface area contributed by atoms with Crippen molar-refractivity contribution in [3.63, 3.8) is 0 Å². The van der Waals surface area contributed by atoms with Gasteiger partial charge in [0.15, 0.2) is 17.5 Å². The van der Waals surface area contributed by atoms with Crippen LogP contribution in [0.1, 0.15) is 0 Å². The van der Waals surface area contributed by atoms with Crippen molar-refractivity contribution < 1.29 is 4.42 Å². The normalized spacial score (nSPS) is 11.6. The molecule has 206 valence electrons. The monoisotopic (exact) mass is 564 g/mol. The second-order valence-electron chi connectivity index (χ2n) is 11.0. The van der Waals surface area contributed by atoms with Gasteiger partial charge >= 0.3 is 0 Å². The predicted molar refractivity (Wildman–Crippen MR) is 178 cm³/mol. The average molecular weight is 565 g/mol. The third-order valence-corrected chi connectivity index (χ3v) is 8.29. The van der Waals surface area contributed by atoms with E-state index in [1.165, 1.54) is 10.8 Å². The third-order valence-electron chi connectivity index (χ3n) is 8.29. The minimum Gasteiger partial charge on any atom is -0.456 e. The number of aromatic nitrogens is 4. The molecule has 44 heavy (non-hydrogen) atoms. The molecule has 6 aromatic carbocycles. The van der Waals surface area contributed by atoms with Crippen LogP contribution in [0.15, 0.2) is 144 Å². The Labute approximate surface area is 252 Å². The molecule has 0 aliphatic carbocycles. The molecule has 9 rings (SSSR count). The lowest BCUT2D eigenvalue weighted by Gasteiger charge is -2.09. The summed E-state index contributed by atoms with van der Waals surface area (Å²) in [6.45, 7) is 0. The number of para-hydroxylation sites is 2. The van der Waals surface area contributed by atoms with E-state index in [2.05, 4.69) is 89.9 Å². The van der Waals surface area contributed by atoms with Crippen molar-refractivity contribution in [1.29, 1.82) is 0 Å². The highest BCUT2D eigenvalue weighted by Crippen LogP contribution is 2.34. The summed E-state index contributed by atoms with van der Waals surface area (Å²) in [5, 5.41) is 4.64. The van der Waals surface area contributed by atoms with Crippen LogP contribution in [0.3, 0.4) is 0 Å². The summed E-state index contributed by atoms with van der Waals surface area (Å²) >= 11 is 0. The smallest absolute Gasteiger partial charge is 0.164 e. The number of aromatic amines is 1. The molecule has 0 atom stereocenters. The van der Waals surface area contributed by atoms with E-state index in [0.29, 0.717) is 17.5 Å². The number of hydrogen-bond donors (Lipinski definition) is 1. The van der Waals surface area contributed by atoms with Gasteiger partial charge in [0, 0.05) is 49.3 Å². The van der Waals surface area contributed by atoms with Gasteiger partial charge in [-0.1, -0.05) is 109 Å². The number of rotatable bonds is 4. The highest BCUT2D eigenvalue weighted by Gasteiger charge is 2.14. The standard InChI is InChI=1S/C39H24N4O/c1-2-8-25(9-3-1)37-41-38(43-39(42-37)28-19-20-30-29-10-4-6-12-33(29)40-34(30)22-28)26-16-14-24(15-17-26)27-18-21-32-31-11-5-7-13-35(31)44-36(32)23-27/h1-23,40H. The Kier molecular flexibility index (Phi) is 5.43. The molecule has 0 saturated heterocycles. The highest BCUT2D eigenvalue weighted by atomic mass is 16.3. The first kappa shape index (κ1) is 24.5. The third kappa shape index (κ3) is 4.06. The number of H-pyrrole nitrogens is 1. The minimum atomic E-state index is 0.630. The molecule has 5 heteroatoms. The lowest BCUT2D eigenvalue weighted by atomic mass is 10.0. The van der Waals surface area contributed by atoms with Crippen molar-refractivity contribution in [2.45, 2.75) is 0 Å². The van der Waals surface area contributed by atoms with E-state index in [0.717, 1.165) is 60.8 Å². The number of fused-ring (bicyclic) bond motifs is 6. The van der Waals surface area contributed by atoms with Gasteiger partial charge < -0.3 is 9.40 Å². The van der Waals surface area contributed by atoms with E-state index >= 15 is 0 Å². The molecule has 3 heterocycles. The van der Waals surface area contributed by atoms with Crippen LogP contribution in [-0.2, 0) is 0 Å². The van der Waals surface area contributed by atoms with Crippen molar-refractivity contribution in [3.8, 4) is 45.3 Å². The van der Waals surface area contributed by atoms with Gasteiger partial charge in [-0.3, -0.25) is 0 Å². The molecule has 5 nitrogen and oxygen atoms in total. The van der Waals surface area contributed by atoms with E-state index in [-0.39, 0.29) is 0 Å². The van der Waals surface area contributed by atoms with Gasteiger partial charge in [-0.2, -0.15) is 0 Å². The fraction of sp³-hybridized carbons (Fsp3) is 0. The van der Waals surface area contributed by atoms with E-state index in [9.17, 15) is 0 Å². The fourth-order valence-electron chi connectivity index (χ4n) is 6.06. The number of nitrogens with zero attached hydrogens (tertiary/aromatic N) is 3. The van der Waals surface area contributed by atoms with Crippen LogP contribution in [0.4, 0.5) is 0 Å². The molecule has 0 fully saturated rings. The molecule has 0 bridgehead atoms. The summed E-state index contributed by atoms with van der Waals surface area (Å²) < 4.78 is 6.13. The maximum Gasteiger partial charge on any atom is 0.164 e. The average Bonchev–Trinajstić information content (AvgIpc) is 3.66. The van der Waals surface area contributed by atoms with Crippen molar-refractivity contribution in [1.82, 2.24) is 19.9 Å². The van der Waals surface area contributed by atoms with Crippen molar-refractivity contribution >= 4 is 43.7 Å². The van der Waals surface area contributed by atoms with Crippen molar-refractivity contribution in [2.24, 2.45) is 0 Å². The molecular weight excluding hydrogens is 540 g/mol. The summed E-state index contributed by atoms with van der Waals surface area (Å²) in [5.41, 5.74) is 8.94. The van der Waals surface area contributed by atoms with Crippen LogP contribution in [0.25, 0.3) is 89.0 Å². The van der Waals surface area contributed by atoms with Crippen LogP contribution in [0, 0.1) is 0 Å². The topological polar surface area (TPSA) is 67.6 Å². The first-order valence-corrected chi connectivity index (χ1v) is 14.6. The van der Waals surface area contributed by atoms with E-state index in [1.807, 2.05) is 54.6 Å². The number of nitrogens with one attached hydrogen (secondary N) is 1. The summed E-state index contributed by atoms with van der Waals surface area (Å²) in [6, 6.07) is 47.7. The zero-order chi connectivity index (χ0) is 29.0. The quantitative estimate of drug-likeness (QED) is 0.231. The lowest BCUT2D eigenvalue weighted by Crippen LogP contribution is -2.00. The highest BCUT2D eigenvalue weighted by molar-refractivity contribution is 6.08. The van der Waals surface area contributed by atoms with Gasteiger partial charge in [-0.15, -0.1) is 0 Å². The van der Waals surface area contributed by atoms with Gasteiger partial charge in [0.25, 0.3) is 0 Å². The minimum absolute atomic E-state index is 0.630. The van der Waals surface area contributed by atoms with Gasteiger partial charge in [0.05, 0.1) is 0 Å². The van der Waals surface area contributed by atoms with Crippen LogP contribution in [-0.4, -0.2) is 19.9 Å². The van der Waals surface area contributed by atoms with Crippen LogP contribution in [0.2, 0.25) is 0 Å². The fourth-order valence-corrected chi connectivity index (χ4v) is 6.06. The van der Waals surface area contributed by atoms with Crippen LogP contribution >= 0.6 is 0 Å². The second kappa shape index (κ2) is 9.75. The van der Waals surface area contributed by atoms with Crippen LogP contribution in [0.5, 0.6) is 0 Å². The van der Waals surface area contributed by atoms with Gasteiger partial charge in [-0.05, 0) is 41.5 Å². The molecule has 1 N–H and O–H groups in total. The molecule has 9 aromatic rings. The molecule has 0 amide bonds. The number of benzene rings is 6. The van der Waals surface area contributed by atoms with Crippen molar-refractivity contribution in [2.75, 3.05) is 0 Å². The molecule has 0 saturated carbocycles. The molecule has 0 aliphatic rings. The van der Waals surface area contributed by atoms with E-state index < -0.39 is 0 Å². The summed E-state index contributed by atoms with van der Waals surface area (Å²) in [7, 11) is 0. The Morgan fingerprint density at radius 1 is 0.364 bits per heavy atom. The first-order chi connectivity index (χ1) is 21.8. The van der Waals surface area contributed by atoms with Gasteiger partial charge in [-0.25, -0.2) is 15.0 Å². The molecule has 0 radical (unpaired) electrons. The predicted octanol–water partition coefficient (Wildman–Crippen LogP) is 10.1. The lowest BCUT2D eigenvalue weighted by molar-refractivity contribution is 0.669. The Morgan fingerprint density at radius 2 is 0.909 bits per heavy atom. The SMILES string of the molecule is c1ccc(-c2nc(-c3ccc(-c4ccc5c(c4)oc4ccccc45)cc3)nc(-c3ccc4c(c3)[nH]c3ccccc34)n2)cc1. The molecule has 3 aromatic heterocycles. The molecule has 0 unspecified atom stereocenters. The molecular formula is C39H24N4O. The Bertz CT molecular complexity index is 2490. The Balaban J connectivity index is 1.13. The zero-order valence-electron chi connectivity index (χ0n) is 23.5. The maximum atomic E-state index is 6.13. The maximum absolute atomic E-state index is 6.13. The Hall–Kier alpha value is -6.07. The van der Waals surface area contributed by atoms with Crippen molar-refractivity contribution in [3.05, 3.63) is 140 Å². The summed E-state index contributed by atoms with van der Waals surface area (Å²) in [4.78, 5) is 18.4. The second-order valence-corrected chi connectivity index (χ2v) is 11.0. The summed E-state index contributed by atoms with van der Waals surface area (Å²) in [5.74, 6) is 1.90. The largest absolute Gasteiger partial charge is 0.456 e. The first-order valence-electron chi connectivity index (χ1n) is 14.6.